The number of aromatic nitrogens is 1. The average Bonchev–Trinajstić information content (AvgIpc) is 2.70. The first kappa shape index (κ1) is 19.5. The number of ketones is 1. The van der Waals surface area contributed by atoms with E-state index >= 15 is 0 Å². The smallest absolute Gasteiger partial charge is 0.424 e. The first-order valence-corrected chi connectivity index (χ1v) is 9.29. The number of methoxy groups -OCH3 is 1. The van der Waals surface area contributed by atoms with Gasteiger partial charge in [0.25, 0.3) is 0 Å². The number of hydrogen-bond acceptors (Lipinski definition) is 7. The summed E-state index contributed by atoms with van der Waals surface area (Å²) in [4.78, 5) is 20.5. The molecule has 0 amide bonds. The van der Waals surface area contributed by atoms with Crippen LogP contribution >= 0.6 is 0 Å². The minimum Gasteiger partial charge on any atom is -0.481 e. The molecule has 0 saturated heterocycles. The molecule has 3 rings (SSSR count). The Morgan fingerprint density at radius 2 is 2.00 bits per heavy atom. The second-order valence-corrected chi connectivity index (χ2v) is 7.69. The summed E-state index contributed by atoms with van der Waals surface area (Å²) in [7, 11) is -2.75. The van der Waals surface area contributed by atoms with Crippen molar-refractivity contribution in [1.29, 1.82) is 0 Å². The van der Waals surface area contributed by atoms with E-state index < -0.39 is 48.4 Å². The topological polar surface area (TPSA) is 113 Å². The van der Waals surface area contributed by atoms with Gasteiger partial charge in [-0.05, 0) is 37.6 Å². The number of rotatable bonds is 5. The van der Waals surface area contributed by atoms with Gasteiger partial charge in [-0.25, -0.2) is 4.39 Å². The van der Waals surface area contributed by atoms with Crippen LogP contribution in [0.25, 0.3) is 0 Å². The van der Waals surface area contributed by atoms with Crippen LogP contribution in [0.2, 0.25) is 0 Å². The number of nitrogen functional groups attached to an aromatic ring is 1. The van der Waals surface area contributed by atoms with E-state index in [9.17, 15) is 22.4 Å². The highest BCUT2D eigenvalue weighted by atomic mass is 19.4. The molecule has 0 unspecified atom stereocenters. The number of aliphatic imine (C=N–C) groups is 1. The van der Waals surface area contributed by atoms with Gasteiger partial charge < -0.3 is 20.9 Å². The van der Waals surface area contributed by atoms with Crippen LogP contribution in [0.3, 0.4) is 0 Å². The van der Waals surface area contributed by atoms with Crippen LogP contribution in [0.4, 0.5) is 23.4 Å². The lowest BCUT2D eigenvalue weighted by Crippen LogP contribution is -2.60. The number of amidine groups is 1. The molecule has 172 valence electrons. The second kappa shape index (κ2) is 8.05. The number of hydrogen-bond donors (Lipinski definition) is 2. The number of benzene rings is 1. The first-order valence-electron chi connectivity index (χ1n) is 10.8. The summed E-state index contributed by atoms with van der Waals surface area (Å²) in [6.07, 6.45) is -5.10. The van der Waals surface area contributed by atoms with Crippen LogP contribution in [0.1, 0.15) is 39.4 Å². The van der Waals surface area contributed by atoms with Crippen molar-refractivity contribution in [2.45, 2.75) is 37.6 Å². The fourth-order valence-corrected chi connectivity index (χ4v) is 3.25. The Morgan fingerprint density at radius 3 is 2.59 bits per heavy atom. The molecule has 32 heavy (non-hydrogen) atoms. The Labute approximate surface area is 185 Å². The number of anilines is 1. The number of halogens is 4. The van der Waals surface area contributed by atoms with E-state index in [1.54, 1.807) is 0 Å². The maximum atomic E-state index is 14.7. The highest BCUT2D eigenvalue weighted by Crippen LogP contribution is 2.41. The van der Waals surface area contributed by atoms with E-state index in [1.807, 2.05) is 0 Å². The summed E-state index contributed by atoms with van der Waals surface area (Å²) in [5.74, 6) is -2.71. The van der Waals surface area contributed by atoms with Crippen LogP contribution in [0.15, 0.2) is 35.3 Å². The zero-order chi connectivity index (χ0) is 26.4. The van der Waals surface area contributed by atoms with Gasteiger partial charge in [0.1, 0.15) is 23.0 Å². The Kier molecular flexibility index (Phi) is 4.90. The van der Waals surface area contributed by atoms with Crippen LogP contribution in [0.5, 0.6) is 5.88 Å². The van der Waals surface area contributed by atoms with E-state index in [-0.39, 0.29) is 29.2 Å². The SMILES string of the molecule is [2H]C([2H])([2H])Oc1ccc(C(=O)Cc2ccc(F)c([C@]3(C)CO[C@@](C)(C(F)(F)F)C(N)=N3)c2)c(N)n1. The zero-order valence-electron chi connectivity index (χ0n) is 20.1. The van der Waals surface area contributed by atoms with Crippen LogP contribution < -0.4 is 16.2 Å². The number of pyridine rings is 1. The standard InChI is InChI=1S/C21H22F4N4O3/c1-19(10-32-20(2,18(27)29-19)21(23,24)25)13-8-11(4-6-14(13)22)9-15(30)12-5-7-16(31-3)28-17(12)26/h4-8H,9-10H2,1-3H3,(H2,26,28)(H2,27,29)/t19-,20+/m0/s1/i3D3. The minimum atomic E-state index is -4.83. The molecule has 0 bridgehead atoms. The summed E-state index contributed by atoms with van der Waals surface area (Å²) in [6, 6.07) is 6.09. The molecule has 0 aliphatic carbocycles. The molecule has 0 spiro atoms. The molecule has 11 heteroatoms. The molecule has 7 nitrogen and oxygen atoms in total. The number of Topliss-reactive ketones (excluding diaryl/α,β-unsaturated/α-hetero) is 1. The van der Waals surface area contributed by atoms with Gasteiger partial charge in [-0.15, -0.1) is 0 Å². The van der Waals surface area contributed by atoms with Crippen molar-refractivity contribution in [3.8, 4) is 5.88 Å². The summed E-state index contributed by atoms with van der Waals surface area (Å²) < 4.78 is 85.7. The normalized spacial score (nSPS) is 25.3. The number of alkyl halides is 3. The summed E-state index contributed by atoms with van der Waals surface area (Å²) >= 11 is 0. The van der Waals surface area contributed by atoms with Gasteiger partial charge in [0.05, 0.1) is 23.3 Å². The third kappa shape index (κ3) is 4.12. The highest BCUT2D eigenvalue weighted by molar-refractivity contribution is 6.01. The number of ether oxygens (including phenoxy) is 2. The van der Waals surface area contributed by atoms with Crippen molar-refractivity contribution < 1.29 is 35.9 Å². The van der Waals surface area contributed by atoms with Crippen LogP contribution in [0, 0.1) is 5.82 Å². The van der Waals surface area contributed by atoms with E-state index in [2.05, 4.69) is 14.7 Å². The second-order valence-electron chi connectivity index (χ2n) is 7.69. The van der Waals surface area contributed by atoms with E-state index in [0.717, 1.165) is 13.0 Å². The molecule has 2 aromatic rings. The van der Waals surface area contributed by atoms with Crippen LogP contribution in [-0.2, 0) is 16.7 Å². The Hall–Kier alpha value is -3.21. The van der Waals surface area contributed by atoms with Crippen molar-refractivity contribution >= 4 is 17.4 Å². The molecule has 2 heterocycles. The van der Waals surface area contributed by atoms with Crippen molar-refractivity contribution in [1.82, 2.24) is 4.98 Å². The maximum absolute atomic E-state index is 14.7. The molecular weight excluding hydrogens is 432 g/mol. The third-order valence-electron chi connectivity index (χ3n) is 5.32. The Bertz CT molecular complexity index is 1190. The van der Waals surface area contributed by atoms with Gasteiger partial charge >= 0.3 is 6.18 Å². The van der Waals surface area contributed by atoms with Gasteiger partial charge in [-0.3, -0.25) is 9.79 Å². The van der Waals surface area contributed by atoms with Crippen molar-refractivity contribution in [2.75, 3.05) is 19.4 Å². The fraction of sp³-hybridized carbons (Fsp3) is 0.381. The fourth-order valence-electron chi connectivity index (χ4n) is 3.25. The summed E-state index contributed by atoms with van der Waals surface area (Å²) in [5, 5.41) is 0. The number of carbonyl (C=O) groups excluding carboxylic acids is 1. The lowest BCUT2D eigenvalue weighted by molar-refractivity contribution is -0.249. The minimum absolute atomic E-state index is 0.0239. The molecule has 2 atom stereocenters. The highest BCUT2D eigenvalue weighted by Gasteiger charge is 2.59. The first-order chi connectivity index (χ1) is 15.9. The molecule has 1 aromatic heterocycles. The summed E-state index contributed by atoms with van der Waals surface area (Å²) in [5.41, 5.74) is 7.15. The average molecular weight is 457 g/mol. The lowest BCUT2D eigenvalue weighted by Gasteiger charge is -2.41. The molecule has 0 saturated carbocycles. The Morgan fingerprint density at radius 1 is 1.28 bits per heavy atom. The van der Waals surface area contributed by atoms with Gasteiger partial charge in [0, 0.05) is 18.1 Å². The number of nitrogens with two attached hydrogens (primary N) is 2. The van der Waals surface area contributed by atoms with Crippen LogP contribution in [-0.4, -0.2) is 42.0 Å². The zero-order valence-corrected chi connectivity index (χ0v) is 17.1. The van der Waals surface area contributed by atoms with Crippen molar-refractivity contribution in [3.63, 3.8) is 0 Å². The molecule has 0 fully saturated rings. The number of carbonyl (C=O) groups is 1. The van der Waals surface area contributed by atoms with E-state index in [0.29, 0.717) is 5.56 Å². The largest absolute Gasteiger partial charge is 0.481 e. The molecule has 0 radical (unpaired) electrons. The summed E-state index contributed by atoms with van der Waals surface area (Å²) in [6.45, 7) is 1.50. The van der Waals surface area contributed by atoms with Gasteiger partial charge in [0.15, 0.2) is 5.78 Å². The van der Waals surface area contributed by atoms with E-state index in [4.69, 9.17) is 20.3 Å². The van der Waals surface area contributed by atoms with E-state index in [1.165, 1.54) is 31.2 Å². The Balaban J connectivity index is 1.88. The predicted molar refractivity (Wildman–Crippen MR) is 109 cm³/mol. The van der Waals surface area contributed by atoms with Gasteiger partial charge in [-0.2, -0.15) is 18.2 Å². The van der Waals surface area contributed by atoms with Gasteiger partial charge in [0.2, 0.25) is 11.5 Å². The number of nitrogens with zero attached hydrogens (tertiary/aromatic N) is 2. The van der Waals surface area contributed by atoms with Crippen molar-refractivity contribution in [2.24, 2.45) is 10.7 Å². The molecule has 1 aliphatic rings. The predicted octanol–water partition coefficient (Wildman–Crippen LogP) is 3.16. The quantitative estimate of drug-likeness (QED) is 0.527. The molecule has 1 aromatic carbocycles. The maximum Gasteiger partial charge on any atom is 0.424 e. The third-order valence-corrected chi connectivity index (χ3v) is 5.32. The molecule has 4 N–H and O–H groups in total. The van der Waals surface area contributed by atoms with Gasteiger partial charge in [-0.1, -0.05) is 6.07 Å². The molecule has 1 aliphatic heterocycles. The monoisotopic (exact) mass is 457 g/mol. The van der Waals surface area contributed by atoms with Crippen molar-refractivity contribution in [3.05, 3.63) is 52.8 Å². The molecular formula is C21H22F4N4O3. The lowest BCUT2D eigenvalue weighted by atomic mass is 9.88.